The van der Waals surface area contributed by atoms with Crippen LogP contribution in [-0.2, 0) is 6.54 Å². The smallest absolute Gasteiger partial charge is 0.259 e. The van der Waals surface area contributed by atoms with Crippen LogP contribution in [0.1, 0.15) is 22.3 Å². The van der Waals surface area contributed by atoms with Gasteiger partial charge in [0.25, 0.3) is 5.56 Å². The van der Waals surface area contributed by atoms with Crippen molar-refractivity contribution in [1.29, 1.82) is 0 Å². The lowest BCUT2D eigenvalue weighted by Crippen LogP contribution is -2.23. The number of nitrogens with zero attached hydrogens (tertiary/aromatic N) is 1. The van der Waals surface area contributed by atoms with E-state index in [2.05, 4.69) is 63.2 Å². The number of aromatic nitrogens is 1. The van der Waals surface area contributed by atoms with Crippen molar-refractivity contribution in [2.24, 2.45) is 0 Å². The molecule has 2 nitrogen and oxygen atoms in total. The second-order valence-electron chi connectivity index (χ2n) is 7.31. The van der Waals surface area contributed by atoms with E-state index in [1.54, 1.807) is 0 Å². The van der Waals surface area contributed by atoms with E-state index in [4.69, 9.17) is 0 Å². The summed E-state index contributed by atoms with van der Waals surface area (Å²) in [4.78, 5) is 13.4. The molecule has 1 aromatic heterocycles. The molecule has 0 amide bonds. The summed E-state index contributed by atoms with van der Waals surface area (Å²) in [6, 6.07) is 24.7. The van der Waals surface area contributed by atoms with Crippen LogP contribution in [-0.4, -0.2) is 4.57 Å². The highest BCUT2D eigenvalue weighted by Crippen LogP contribution is 2.24. The number of fused-ring (bicyclic) bond motifs is 1. The SMILES string of the molecule is Cc1cccc(-c2cc3ccccc3c(=O)n2Cc2ccc(C)cc2C)c1. The van der Waals surface area contributed by atoms with Gasteiger partial charge < -0.3 is 4.57 Å². The summed E-state index contributed by atoms with van der Waals surface area (Å²) in [5, 5.41) is 1.74. The topological polar surface area (TPSA) is 22.0 Å². The summed E-state index contributed by atoms with van der Waals surface area (Å²) in [5.41, 5.74) is 6.90. The lowest BCUT2D eigenvalue weighted by molar-refractivity contribution is 0.772. The van der Waals surface area contributed by atoms with E-state index in [1.807, 2.05) is 34.9 Å². The molecule has 27 heavy (non-hydrogen) atoms. The minimum absolute atomic E-state index is 0.0598. The van der Waals surface area contributed by atoms with Gasteiger partial charge in [0.1, 0.15) is 0 Å². The molecule has 4 aromatic rings. The monoisotopic (exact) mass is 353 g/mol. The first-order chi connectivity index (χ1) is 13.0. The van der Waals surface area contributed by atoms with Crippen LogP contribution in [0.25, 0.3) is 22.0 Å². The van der Waals surface area contributed by atoms with Crippen molar-refractivity contribution in [3.63, 3.8) is 0 Å². The van der Waals surface area contributed by atoms with Crippen molar-refractivity contribution in [2.45, 2.75) is 27.3 Å². The molecule has 2 heteroatoms. The molecular formula is C25H23NO. The number of aryl methyl sites for hydroxylation is 3. The van der Waals surface area contributed by atoms with E-state index < -0.39 is 0 Å². The highest BCUT2D eigenvalue weighted by molar-refractivity contribution is 5.85. The van der Waals surface area contributed by atoms with Crippen molar-refractivity contribution in [3.8, 4) is 11.3 Å². The van der Waals surface area contributed by atoms with Gasteiger partial charge in [-0.05, 0) is 61.0 Å². The van der Waals surface area contributed by atoms with Gasteiger partial charge in [-0.2, -0.15) is 0 Å². The van der Waals surface area contributed by atoms with Gasteiger partial charge in [-0.1, -0.05) is 65.7 Å². The molecule has 0 saturated heterocycles. The van der Waals surface area contributed by atoms with Crippen molar-refractivity contribution in [2.75, 3.05) is 0 Å². The van der Waals surface area contributed by atoms with Gasteiger partial charge in [-0.15, -0.1) is 0 Å². The second-order valence-corrected chi connectivity index (χ2v) is 7.31. The molecule has 1 heterocycles. The van der Waals surface area contributed by atoms with Crippen LogP contribution in [0.3, 0.4) is 0 Å². The molecule has 0 aliphatic rings. The van der Waals surface area contributed by atoms with E-state index in [-0.39, 0.29) is 5.56 Å². The molecule has 0 saturated carbocycles. The molecule has 0 atom stereocenters. The predicted octanol–water partition coefficient (Wildman–Crippen LogP) is 5.64. The Hall–Kier alpha value is -3.13. The average Bonchev–Trinajstić information content (AvgIpc) is 2.65. The Bertz CT molecular complexity index is 1200. The molecule has 0 bridgehead atoms. The van der Waals surface area contributed by atoms with E-state index in [1.165, 1.54) is 22.3 Å². The van der Waals surface area contributed by atoms with Crippen molar-refractivity contribution >= 4 is 10.8 Å². The number of hydrogen-bond acceptors (Lipinski definition) is 1. The Labute approximate surface area is 159 Å². The fourth-order valence-electron chi connectivity index (χ4n) is 3.69. The van der Waals surface area contributed by atoms with Crippen LogP contribution < -0.4 is 5.56 Å². The Kier molecular flexibility index (Phi) is 4.41. The zero-order valence-corrected chi connectivity index (χ0v) is 16.0. The highest BCUT2D eigenvalue weighted by atomic mass is 16.1. The Morgan fingerprint density at radius 1 is 0.778 bits per heavy atom. The third-order valence-corrected chi connectivity index (χ3v) is 5.16. The fraction of sp³-hybridized carbons (Fsp3) is 0.160. The van der Waals surface area contributed by atoms with Crippen molar-refractivity contribution in [3.05, 3.63) is 105 Å². The summed E-state index contributed by atoms with van der Waals surface area (Å²) in [5.74, 6) is 0. The first kappa shape index (κ1) is 17.3. The van der Waals surface area contributed by atoms with Gasteiger partial charge in [0.05, 0.1) is 12.2 Å². The Balaban J connectivity index is 1.98. The first-order valence-corrected chi connectivity index (χ1v) is 9.29. The largest absolute Gasteiger partial charge is 0.303 e. The van der Waals surface area contributed by atoms with Gasteiger partial charge in [-0.3, -0.25) is 4.79 Å². The van der Waals surface area contributed by atoms with Gasteiger partial charge in [0.2, 0.25) is 0 Å². The molecule has 0 unspecified atom stereocenters. The lowest BCUT2D eigenvalue weighted by Gasteiger charge is -2.17. The highest BCUT2D eigenvalue weighted by Gasteiger charge is 2.12. The fourth-order valence-corrected chi connectivity index (χ4v) is 3.69. The van der Waals surface area contributed by atoms with Crippen LogP contribution in [0, 0.1) is 20.8 Å². The normalized spacial score (nSPS) is 11.1. The van der Waals surface area contributed by atoms with Gasteiger partial charge in [0.15, 0.2) is 0 Å². The second kappa shape index (κ2) is 6.88. The number of benzene rings is 3. The summed E-state index contributed by atoms with van der Waals surface area (Å²) in [6.45, 7) is 6.86. The Morgan fingerprint density at radius 3 is 2.33 bits per heavy atom. The zero-order chi connectivity index (χ0) is 19.0. The third-order valence-electron chi connectivity index (χ3n) is 5.16. The zero-order valence-electron chi connectivity index (χ0n) is 16.0. The van der Waals surface area contributed by atoms with Gasteiger partial charge >= 0.3 is 0 Å². The Morgan fingerprint density at radius 2 is 1.56 bits per heavy atom. The van der Waals surface area contributed by atoms with Crippen molar-refractivity contribution in [1.82, 2.24) is 4.57 Å². The molecule has 0 radical (unpaired) electrons. The molecule has 0 N–H and O–H groups in total. The van der Waals surface area contributed by atoms with Gasteiger partial charge in [-0.25, -0.2) is 0 Å². The molecular weight excluding hydrogens is 330 g/mol. The minimum atomic E-state index is 0.0598. The maximum atomic E-state index is 13.4. The average molecular weight is 353 g/mol. The maximum Gasteiger partial charge on any atom is 0.259 e. The number of hydrogen-bond donors (Lipinski definition) is 0. The molecule has 134 valence electrons. The summed E-state index contributed by atoms with van der Waals surface area (Å²) in [6.07, 6.45) is 0. The van der Waals surface area contributed by atoms with E-state index >= 15 is 0 Å². The molecule has 3 aromatic carbocycles. The molecule has 4 rings (SSSR count). The summed E-state index contributed by atoms with van der Waals surface area (Å²) in [7, 11) is 0. The standard InChI is InChI=1S/C25H23NO/c1-17-7-6-9-21(14-17)24-15-20-8-4-5-10-23(20)25(27)26(24)16-22-12-11-18(2)13-19(22)3/h4-15H,16H2,1-3H3. The summed E-state index contributed by atoms with van der Waals surface area (Å²) >= 11 is 0. The third kappa shape index (κ3) is 3.31. The van der Waals surface area contributed by atoms with Gasteiger partial charge in [0, 0.05) is 5.39 Å². The van der Waals surface area contributed by atoms with E-state index in [9.17, 15) is 4.79 Å². The molecule has 0 aliphatic heterocycles. The molecule has 0 spiro atoms. The van der Waals surface area contributed by atoms with Crippen LogP contribution in [0.2, 0.25) is 0 Å². The predicted molar refractivity (Wildman–Crippen MR) is 113 cm³/mol. The van der Waals surface area contributed by atoms with Crippen LogP contribution >= 0.6 is 0 Å². The molecule has 0 fully saturated rings. The minimum Gasteiger partial charge on any atom is -0.303 e. The quantitative estimate of drug-likeness (QED) is 0.467. The van der Waals surface area contributed by atoms with Crippen LogP contribution in [0.5, 0.6) is 0 Å². The number of pyridine rings is 1. The summed E-state index contributed by atoms with van der Waals surface area (Å²) < 4.78 is 1.91. The maximum absolute atomic E-state index is 13.4. The van der Waals surface area contributed by atoms with E-state index in [0.29, 0.717) is 6.54 Å². The first-order valence-electron chi connectivity index (χ1n) is 9.29. The van der Waals surface area contributed by atoms with Crippen LogP contribution in [0.4, 0.5) is 0 Å². The number of rotatable bonds is 3. The van der Waals surface area contributed by atoms with E-state index in [0.717, 1.165) is 22.0 Å². The lowest BCUT2D eigenvalue weighted by atomic mass is 10.0. The van der Waals surface area contributed by atoms with Crippen molar-refractivity contribution < 1.29 is 0 Å². The molecule has 0 aliphatic carbocycles. The van der Waals surface area contributed by atoms with Crippen LogP contribution in [0.15, 0.2) is 77.6 Å².